The second kappa shape index (κ2) is 12.4. The van der Waals surface area contributed by atoms with Gasteiger partial charge in [0.25, 0.3) is 0 Å². The SMILES string of the molecule is CCNC(=NCCc1cc(OC)ccc1OC)NCCc1ccc2c(c1)OCO2.I. The molecule has 1 heterocycles. The van der Waals surface area contributed by atoms with E-state index < -0.39 is 0 Å². The molecule has 0 amide bonds. The Labute approximate surface area is 195 Å². The van der Waals surface area contributed by atoms with Gasteiger partial charge in [-0.05, 0) is 61.2 Å². The first kappa shape index (κ1) is 23.9. The highest BCUT2D eigenvalue weighted by molar-refractivity contribution is 14.0. The highest BCUT2D eigenvalue weighted by Crippen LogP contribution is 2.32. The van der Waals surface area contributed by atoms with Crippen LogP contribution in [0.3, 0.4) is 0 Å². The summed E-state index contributed by atoms with van der Waals surface area (Å²) in [6, 6.07) is 11.9. The minimum atomic E-state index is 0. The van der Waals surface area contributed by atoms with E-state index in [1.54, 1.807) is 14.2 Å². The van der Waals surface area contributed by atoms with Gasteiger partial charge in [0.05, 0.1) is 14.2 Å². The first-order valence-electron chi connectivity index (χ1n) is 9.85. The van der Waals surface area contributed by atoms with E-state index in [9.17, 15) is 0 Å². The lowest BCUT2D eigenvalue weighted by atomic mass is 10.1. The van der Waals surface area contributed by atoms with Gasteiger partial charge in [-0.3, -0.25) is 4.99 Å². The van der Waals surface area contributed by atoms with E-state index >= 15 is 0 Å². The van der Waals surface area contributed by atoms with Gasteiger partial charge in [0.15, 0.2) is 17.5 Å². The van der Waals surface area contributed by atoms with Crippen molar-refractivity contribution in [3.8, 4) is 23.0 Å². The molecule has 0 fully saturated rings. The van der Waals surface area contributed by atoms with Gasteiger partial charge in [0.1, 0.15) is 11.5 Å². The normalized spacial score (nSPS) is 12.2. The Bertz CT molecular complexity index is 845. The van der Waals surface area contributed by atoms with Gasteiger partial charge in [-0.1, -0.05) is 6.07 Å². The number of hydrogen-bond acceptors (Lipinski definition) is 5. The lowest BCUT2D eigenvalue weighted by Crippen LogP contribution is -2.38. The molecule has 3 rings (SSSR count). The standard InChI is InChI=1S/C22H29N3O4.HI/c1-4-23-22(24-11-9-16-5-7-20-21(13-16)29-15-28-20)25-12-10-17-14-18(26-2)6-8-19(17)27-3;/h5-8,13-14H,4,9-12,15H2,1-3H3,(H2,23,24,25);1H. The molecule has 2 aromatic carbocycles. The predicted molar refractivity (Wildman–Crippen MR) is 129 cm³/mol. The van der Waals surface area contributed by atoms with Gasteiger partial charge in [0, 0.05) is 19.6 Å². The molecule has 2 N–H and O–H groups in total. The maximum atomic E-state index is 5.44. The summed E-state index contributed by atoms with van der Waals surface area (Å²) >= 11 is 0. The van der Waals surface area contributed by atoms with Crippen LogP contribution in [0.4, 0.5) is 0 Å². The summed E-state index contributed by atoms with van der Waals surface area (Å²) in [5.74, 6) is 4.09. The minimum Gasteiger partial charge on any atom is -0.497 e. The van der Waals surface area contributed by atoms with E-state index in [-0.39, 0.29) is 24.0 Å². The summed E-state index contributed by atoms with van der Waals surface area (Å²) in [7, 11) is 3.34. The second-order valence-electron chi connectivity index (χ2n) is 6.55. The predicted octanol–water partition coefficient (Wildman–Crippen LogP) is 3.39. The lowest BCUT2D eigenvalue weighted by molar-refractivity contribution is 0.174. The zero-order chi connectivity index (χ0) is 20.5. The van der Waals surface area contributed by atoms with E-state index in [1.807, 2.05) is 30.3 Å². The number of nitrogens with zero attached hydrogens (tertiary/aromatic N) is 1. The van der Waals surface area contributed by atoms with Crippen molar-refractivity contribution in [2.24, 2.45) is 4.99 Å². The molecular weight excluding hydrogens is 497 g/mol. The number of rotatable bonds is 9. The summed E-state index contributed by atoms with van der Waals surface area (Å²) in [4.78, 5) is 4.68. The Morgan fingerprint density at radius 1 is 1.00 bits per heavy atom. The van der Waals surface area contributed by atoms with Crippen LogP contribution in [0.1, 0.15) is 18.1 Å². The van der Waals surface area contributed by atoms with E-state index in [4.69, 9.17) is 18.9 Å². The summed E-state index contributed by atoms with van der Waals surface area (Å²) in [6.07, 6.45) is 1.63. The third-order valence-corrected chi connectivity index (χ3v) is 4.63. The third kappa shape index (κ3) is 6.58. The molecule has 164 valence electrons. The number of halogens is 1. The van der Waals surface area contributed by atoms with Gasteiger partial charge in [0.2, 0.25) is 6.79 Å². The number of guanidine groups is 1. The highest BCUT2D eigenvalue weighted by atomic mass is 127. The molecule has 0 unspecified atom stereocenters. The van der Waals surface area contributed by atoms with Crippen molar-refractivity contribution < 1.29 is 18.9 Å². The van der Waals surface area contributed by atoms with Crippen LogP contribution in [0, 0.1) is 0 Å². The fourth-order valence-electron chi connectivity index (χ4n) is 3.13. The Kier molecular flexibility index (Phi) is 9.85. The zero-order valence-corrected chi connectivity index (χ0v) is 20.0. The number of fused-ring (bicyclic) bond motifs is 1. The van der Waals surface area contributed by atoms with Crippen LogP contribution in [0.25, 0.3) is 0 Å². The molecule has 30 heavy (non-hydrogen) atoms. The van der Waals surface area contributed by atoms with Crippen LogP contribution in [-0.2, 0) is 12.8 Å². The number of hydrogen-bond donors (Lipinski definition) is 2. The fourth-order valence-corrected chi connectivity index (χ4v) is 3.13. The third-order valence-electron chi connectivity index (χ3n) is 4.63. The van der Waals surface area contributed by atoms with Crippen LogP contribution in [0.15, 0.2) is 41.4 Å². The maximum absolute atomic E-state index is 5.44. The van der Waals surface area contributed by atoms with Crippen molar-refractivity contribution in [2.75, 3.05) is 40.6 Å². The summed E-state index contributed by atoms with van der Waals surface area (Å²) in [5, 5.41) is 6.67. The molecule has 0 saturated heterocycles. The molecule has 0 aliphatic carbocycles. The molecule has 1 aliphatic heterocycles. The minimum absolute atomic E-state index is 0. The molecule has 2 aromatic rings. The topological polar surface area (TPSA) is 73.3 Å². The first-order chi connectivity index (χ1) is 14.2. The van der Waals surface area contributed by atoms with Gasteiger partial charge in [-0.2, -0.15) is 0 Å². The van der Waals surface area contributed by atoms with E-state index in [0.717, 1.165) is 60.5 Å². The molecule has 1 aliphatic rings. The average Bonchev–Trinajstić information content (AvgIpc) is 3.21. The van der Waals surface area contributed by atoms with E-state index in [0.29, 0.717) is 13.3 Å². The van der Waals surface area contributed by atoms with Crippen LogP contribution in [0.2, 0.25) is 0 Å². The van der Waals surface area contributed by atoms with Crippen molar-refractivity contribution >= 4 is 29.9 Å². The van der Waals surface area contributed by atoms with Crippen LogP contribution in [0.5, 0.6) is 23.0 Å². The van der Waals surface area contributed by atoms with Crippen molar-refractivity contribution in [1.82, 2.24) is 10.6 Å². The molecular formula is C22H30IN3O4. The Morgan fingerprint density at radius 3 is 2.60 bits per heavy atom. The molecule has 0 radical (unpaired) electrons. The zero-order valence-electron chi connectivity index (χ0n) is 17.7. The van der Waals surface area contributed by atoms with Crippen LogP contribution >= 0.6 is 24.0 Å². The van der Waals surface area contributed by atoms with Crippen LogP contribution in [-0.4, -0.2) is 46.6 Å². The molecule has 0 aromatic heterocycles. The Hall–Kier alpha value is -2.36. The molecule has 0 spiro atoms. The fraction of sp³-hybridized carbons (Fsp3) is 0.409. The van der Waals surface area contributed by atoms with Gasteiger partial charge in [-0.15, -0.1) is 24.0 Å². The van der Waals surface area contributed by atoms with Crippen LogP contribution < -0.4 is 29.6 Å². The summed E-state index contributed by atoms with van der Waals surface area (Å²) < 4.78 is 21.5. The number of ether oxygens (including phenoxy) is 4. The number of benzene rings is 2. The first-order valence-corrected chi connectivity index (χ1v) is 9.85. The van der Waals surface area contributed by atoms with Crippen molar-refractivity contribution in [3.05, 3.63) is 47.5 Å². The monoisotopic (exact) mass is 527 g/mol. The van der Waals surface area contributed by atoms with Gasteiger partial charge >= 0.3 is 0 Å². The Balaban J connectivity index is 0.00000320. The summed E-state index contributed by atoms with van der Waals surface area (Å²) in [6.45, 7) is 4.57. The van der Waals surface area contributed by atoms with Crippen molar-refractivity contribution in [3.63, 3.8) is 0 Å². The van der Waals surface area contributed by atoms with Gasteiger partial charge < -0.3 is 29.6 Å². The molecule has 0 bridgehead atoms. The number of aliphatic imine (C=N–C) groups is 1. The lowest BCUT2D eigenvalue weighted by Gasteiger charge is -2.12. The number of nitrogens with one attached hydrogen (secondary N) is 2. The molecule has 0 saturated carbocycles. The molecule has 0 atom stereocenters. The average molecular weight is 527 g/mol. The second-order valence-corrected chi connectivity index (χ2v) is 6.55. The highest BCUT2D eigenvalue weighted by Gasteiger charge is 2.13. The summed E-state index contributed by atoms with van der Waals surface area (Å²) in [5.41, 5.74) is 2.27. The smallest absolute Gasteiger partial charge is 0.231 e. The van der Waals surface area contributed by atoms with Crippen molar-refractivity contribution in [1.29, 1.82) is 0 Å². The molecule has 7 nitrogen and oxygen atoms in total. The van der Waals surface area contributed by atoms with E-state index in [2.05, 4.69) is 28.6 Å². The van der Waals surface area contributed by atoms with Gasteiger partial charge in [-0.25, -0.2) is 0 Å². The number of methoxy groups -OCH3 is 2. The largest absolute Gasteiger partial charge is 0.497 e. The maximum Gasteiger partial charge on any atom is 0.231 e. The Morgan fingerprint density at radius 2 is 1.83 bits per heavy atom. The quantitative estimate of drug-likeness (QED) is 0.296. The molecule has 8 heteroatoms. The van der Waals surface area contributed by atoms with E-state index in [1.165, 1.54) is 5.56 Å². The van der Waals surface area contributed by atoms with Crippen molar-refractivity contribution in [2.45, 2.75) is 19.8 Å².